The van der Waals surface area contributed by atoms with Crippen LogP contribution in [0.25, 0.3) is 0 Å². The lowest BCUT2D eigenvalue weighted by Gasteiger charge is -2.17. The van der Waals surface area contributed by atoms with Gasteiger partial charge in [0.2, 0.25) is 0 Å². The van der Waals surface area contributed by atoms with E-state index in [-0.39, 0.29) is 5.82 Å². The molecule has 1 aliphatic rings. The summed E-state index contributed by atoms with van der Waals surface area (Å²) in [5.41, 5.74) is -0.861. The van der Waals surface area contributed by atoms with Crippen LogP contribution in [-0.2, 0) is 6.18 Å². The van der Waals surface area contributed by atoms with Crippen LogP contribution in [0.2, 0.25) is 0 Å². The molecule has 0 saturated heterocycles. The summed E-state index contributed by atoms with van der Waals surface area (Å²) in [5, 5.41) is 5.52. The molecule has 1 amide bonds. The van der Waals surface area contributed by atoms with Crippen molar-refractivity contribution in [2.75, 3.05) is 11.9 Å². The number of anilines is 2. The van der Waals surface area contributed by atoms with Gasteiger partial charge >= 0.3 is 6.18 Å². The van der Waals surface area contributed by atoms with E-state index in [0.29, 0.717) is 18.2 Å². The number of benzene rings is 1. The molecule has 8 heteroatoms. The first-order chi connectivity index (χ1) is 13.8. The fourth-order valence-electron chi connectivity index (χ4n) is 3.55. The molecule has 0 bridgehead atoms. The van der Waals surface area contributed by atoms with E-state index in [9.17, 15) is 18.0 Å². The Bertz CT molecular complexity index is 849. The van der Waals surface area contributed by atoms with Gasteiger partial charge in [0.15, 0.2) is 0 Å². The van der Waals surface area contributed by atoms with Gasteiger partial charge in [0.05, 0.1) is 11.1 Å². The van der Waals surface area contributed by atoms with Crippen LogP contribution in [0.3, 0.4) is 0 Å². The van der Waals surface area contributed by atoms with Gasteiger partial charge in [-0.05, 0) is 43.0 Å². The molecule has 0 aliphatic heterocycles. The Hall–Kier alpha value is -2.09. The fraction of sp³-hybridized carbons (Fsp3) is 0.429. The minimum Gasteiger partial charge on any atom is -0.352 e. The molecule has 4 nitrogen and oxygen atoms in total. The summed E-state index contributed by atoms with van der Waals surface area (Å²) in [6, 6.07) is 7.88. The number of hydrogen-bond acceptors (Lipinski definition) is 3. The molecule has 2 N–H and O–H groups in total. The van der Waals surface area contributed by atoms with Crippen LogP contribution in [-0.4, -0.2) is 17.4 Å². The highest BCUT2D eigenvalue weighted by Gasteiger charge is 2.36. The zero-order valence-electron chi connectivity index (χ0n) is 15.9. The Morgan fingerprint density at radius 1 is 1.14 bits per heavy atom. The third-order valence-electron chi connectivity index (χ3n) is 5.08. The first kappa shape index (κ1) is 21.6. The zero-order valence-corrected chi connectivity index (χ0v) is 17.4. The number of aromatic nitrogens is 1. The quantitative estimate of drug-likeness (QED) is 0.504. The van der Waals surface area contributed by atoms with Crippen molar-refractivity contribution in [3.63, 3.8) is 0 Å². The van der Waals surface area contributed by atoms with E-state index in [1.165, 1.54) is 12.8 Å². The van der Waals surface area contributed by atoms with Crippen LogP contribution in [0, 0.1) is 5.92 Å². The molecule has 156 valence electrons. The summed E-state index contributed by atoms with van der Waals surface area (Å²) in [5.74, 6) is -0.389. The second-order valence-corrected chi connectivity index (χ2v) is 8.23. The number of rotatable bonds is 5. The van der Waals surface area contributed by atoms with E-state index in [4.69, 9.17) is 0 Å². The summed E-state index contributed by atoms with van der Waals surface area (Å²) >= 11 is 3.31. The van der Waals surface area contributed by atoms with Crippen LogP contribution < -0.4 is 10.6 Å². The van der Waals surface area contributed by atoms with E-state index in [0.717, 1.165) is 42.4 Å². The number of halogens is 4. The van der Waals surface area contributed by atoms with Crippen molar-refractivity contribution >= 4 is 33.3 Å². The third kappa shape index (κ3) is 6.19. The molecule has 1 heterocycles. The topological polar surface area (TPSA) is 54.0 Å². The molecule has 1 aromatic carbocycles. The van der Waals surface area contributed by atoms with Gasteiger partial charge in [0, 0.05) is 22.9 Å². The van der Waals surface area contributed by atoms with Gasteiger partial charge in [-0.25, -0.2) is 4.98 Å². The summed E-state index contributed by atoms with van der Waals surface area (Å²) in [4.78, 5) is 16.5. The van der Waals surface area contributed by atoms with Crippen molar-refractivity contribution in [3.8, 4) is 0 Å². The number of carbonyl (C=O) groups excluding carboxylic acids is 1. The van der Waals surface area contributed by atoms with Crippen molar-refractivity contribution in [1.29, 1.82) is 0 Å². The molecule has 2 aromatic rings. The smallest absolute Gasteiger partial charge is 0.352 e. The van der Waals surface area contributed by atoms with E-state index < -0.39 is 23.2 Å². The normalized spacial score (nSPS) is 15.6. The molecule has 0 unspecified atom stereocenters. The number of alkyl halides is 3. The van der Waals surface area contributed by atoms with Gasteiger partial charge in [0.25, 0.3) is 5.91 Å². The summed E-state index contributed by atoms with van der Waals surface area (Å²) in [6.07, 6.45) is 2.90. The molecule has 1 aromatic heterocycles. The number of nitrogens with one attached hydrogen (secondary N) is 2. The van der Waals surface area contributed by atoms with E-state index in [1.807, 2.05) is 6.07 Å². The highest BCUT2D eigenvalue weighted by molar-refractivity contribution is 9.10. The van der Waals surface area contributed by atoms with Crippen molar-refractivity contribution in [2.24, 2.45) is 5.92 Å². The number of hydrogen-bond donors (Lipinski definition) is 2. The monoisotopic (exact) mass is 469 g/mol. The highest BCUT2D eigenvalue weighted by Crippen LogP contribution is 2.34. The van der Waals surface area contributed by atoms with Crippen molar-refractivity contribution in [2.45, 2.75) is 44.7 Å². The minimum atomic E-state index is -4.66. The van der Waals surface area contributed by atoms with Crippen LogP contribution in [0.15, 0.2) is 41.0 Å². The lowest BCUT2D eigenvalue weighted by atomic mass is 10.00. The summed E-state index contributed by atoms with van der Waals surface area (Å²) in [6.45, 7) is 0.397. The average molecular weight is 470 g/mol. The highest BCUT2D eigenvalue weighted by atomic mass is 79.9. The molecule has 0 spiro atoms. The Labute approximate surface area is 176 Å². The second kappa shape index (κ2) is 9.61. The molecule has 1 saturated carbocycles. The minimum absolute atomic E-state index is 0.0238. The number of carbonyl (C=O) groups is 1. The van der Waals surface area contributed by atoms with Gasteiger partial charge in [-0.1, -0.05) is 47.7 Å². The second-order valence-electron chi connectivity index (χ2n) is 7.32. The van der Waals surface area contributed by atoms with Gasteiger partial charge in [-0.15, -0.1) is 0 Å². The lowest BCUT2D eigenvalue weighted by Crippen LogP contribution is -2.31. The maximum Gasteiger partial charge on any atom is 0.417 e. The van der Waals surface area contributed by atoms with Gasteiger partial charge in [0.1, 0.15) is 5.82 Å². The number of pyridine rings is 1. The van der Waals surface area contributed by atoms with Crippen molar-refractivity contribution < 1.29 is 18.0 Å². The van der Waals surface area contributed by atoms with E-state index in [1.54, 1.807) is 18.2 Å². The average Bonchev–Trinajstić information content (AvgIpc) is 2.94. The van der Waals surface area contributed by atoms with Crippen LogP contribution in [0.1, 0.15) is 54.4 Å². The maximum absolute atomic E-state index is 13.6. The number of nitrogens with zero attached hydrogens (tertiary/aromatic N) is 1. The first-order valence-electron chi connectivity index (χ1n) is 9.71. The van der Waals surface area contributed by atoms with Crippen LogP contribution >= 0.6 is 15.9 Å². The molecule has 29 heavy (non-hydrogen) atoms. The van der Waals surface area contributed by atoms with Gasteiger partial charge < -0.3 is 10.6 Å². The van der Waals surface area contributed by atoms with Crippen LogP contribution in [0.5, 0.6) is 0 Å². The van der Waals surface area contributed by atoms with Crippen molar-refractivity contribution in [1.82, 2.24) is 10.3 Å². The zero-order chi connectivity index (χ0) is 20.9. The molecule has 0 atom stereocenters. The van der Waals surface area contributed by atoms with E-state index in [2.05, 4.69) is 31.5 Å². The molecular formula is C21H23BrF3N3O. The standard InChI is InChI=1S/C21H23BrF3N3O/c22-15-8-5-9-16(10-15)28-19-11-18(21(23,24)25)17(13-26-19)20(29)27-12-14-6-3-1-2-4-7-14/h5,8-11,13-14H,1-4,6-7,12H2,(H,26,28)(H,27,29). The SMILES string of the molecule is O=C(NCC1CCCCCC1)c1cnc(Nc2cccc(Br)c2)cc1C(F)(F)F. The Morgan fingerprint density at radius 3 is 2.52 bits per heavy atom. The van der Waals surface area contributed by atoms with Gasteiger partial charge in [-0.2, -0.15) is 13.2 Å². The Morgan fingerprint density at radius 2 is 1.86 bits per heavy atom. The summed E-state index contributed by atoms with van der Waals surface area (Å²) in [7, 11) is 0. The molecule has 3 rings (SSSR count). The van der Waals surface area contributed by atoms with Crippen molar-refractivity contribution in [3.05, 3.63) is 52.1 Å². The largest absolute Gasteiger partial charge is 0.417 e. The van der Waals surface area contributed by atoms with E-state index >= 15 is 0 Å². The molecule has 0 radical (unpaired) electrons. The Kier molecular flexibility index (Phi) is 7.16. The van der Waals surface area contributed by atoms with Gasteiger partial charge in [-0.3, -0.25) is 4.79 Å². The predicted octanol–water partition coefficient (Wildman–Crippen LogP) is 6.31. The number of amides is 1. The first-order valence-corrected chi connectivity index (χ1v) is 10.5. The van der Waals surface area contributed by atoms with Crippen LogP contribution in [0.4, 0.5) is 24.7 Å². The fourth-order valence-corrected chi connectivity index (χ4v) is 3.95. The summed E-state index contributed by atoms with van der Waals surface area (Å²) < 4.78 is 41.6. The molecule has 1 fully saturated rings. The Balaban J connectivity index is 1.75. The third-order valence-corrected chi connectivity index (χ3v) is 5.57. The predicted molar refractivity (Wildman–Crippen MR) is 110 cm³/mol. The molecule has 1 aliphatic carbocycles. The maximum atomic E-state index is 13.6. The molecular weight excluding hydrogens is 447 g/mol. The lowest BCUT2D eigenvalue weighted by molar-refractivity contribution is -0.137.